The second kappa shape index (κ2) is 12.5. The molecule has 180 valence electrons. The van der Waals surface area contributed by atoms with Crippen LogP contribution < -0.4 is 5.32 Å². The number of ether oxygens (including phenoxy) is 1. The monoisotopic (exact) mass is 456 g/mol. The summed E-state index contributed by atoms with van der Waals surface area (Å²) in [6, 6.07) is 8.21. The van der Waals surface area contributed by atoms with Crippen LogP contribution in [0.25, 0.3) is 0 Å². The molecule has 2 fully saturated rings. The fraction of sp³-hybridized carbons (Fsp3) is 0.615. The summed E-state index contributed by atoms with van der Waals surface area (Å²) in [6.45, 7) is 2.34. The smallest absolute Gasteiger partial charge is 0.328 e. The van der Waals surface area contributed by atoms with Gasteiger partial charge in [0.25, 0.3) is 5.91 Å². The van der Waals surface area contributed by atoms with Gasteiger partial charge in [-0.2, -0.15) is 0 Å². The molecule has 2 atom stereocenters. The van der Waals surface area contributed by atoms with Gasteiger partial charge in [0.2, 0.25) is 11.7 Å². The van der Waals surface area contributed by atoms with Crippen LogP contribution in [0.3, 0.4) is 0 Å². The van der Waals surface area contributed by atoms with Crippen LogP contribution in [0.15, 0.2) is 30.3 Å². The highest BCUT2D eigenvalue weighted by Crippen LogP contribution is 2.26. The number of hydrogen-bond donors (Lipinski definition) is 1. The molecule has 1 aliphatic carbocycles. The molecule has 1 N–H and O–H groups in total. The first-order chi connectivity index (χ1) is 16.0. The van der Waals surface area contributed by atoms with E-state index in [1.807, 2.05) is 30.3 Å². The Bertz CT molecular complexity index is 819. The van der Waals surface area contributed by atoms with Crippen molar-refractivity contribution in [2.45, 2.75) is 83.2 Å². The lowest BCUT2D eigenvalue weighted by Crippen LogP contribution is -2.57. The lowest BCUT2D eigenvalue weighted by molar-refractivity contribution is -0.153. The van der Waals surface area contributed by atoms with Gasteiger partial charge in [0.15, 0.2) is 0 Å². The number of esters is 1. The summed E-state index contributed by atoms with van der Waals surface area (Å²) in [5.74, 6) is -1.99. The zero-order valence-corrected chi connectivity index (χ0v) is 19.6. The molecule has 7 heteroatoms. The van der Waals surface area contributed by atoms with Crippen LogP contribution in [-0.4, -0.2) is 53.7 Å². The first-order valence-corrected chi connectivity index (χ1v) is 12.4. The summed E-state index contributed by atoms with van der Waals surface area (Å²) >= 11 is 0. The molecule has 1 aromatic rings. The summed E-state index contributed by atoms with van der Waals surface area (Å²) in [6.07, 6.45) is 7.60. The second-order valence-electron chi connectivity index (χ2n) is 9.05. The van der Waals surface area contributed by atoms with Gasteiger partial charge < -0.3 is 15.0 Å². The molecular weight excluding hydrogens is 420 g/mol. The summed E-state index contributed by atoms with van der Waals surface area (Å²) in [5, 5.41) is 2.83. The molecule has 2 amide bonds. The van der Waals surface area contributed by atoms with Crippen molar-refractivity contribution in [3.05, 3.63) is 35.9 Å². The molecule has 1 saturated carbocycles. The van der Waals surface area contributed by atoms with E-state index >= 15 is 0 Å². The lowest BCUT2D eigenvalue weighted by atomic mass is 9.85. The number of likely N-dealkylation sites (tertiary alicyclic amines) is 1. The van der Waals surface area contributed by atoms with Crippen LogP contribution in [0.1, 0.15) is 70.3 Å². The van der Waals surface area contributed by atoms with E-state index < -0.39 is 24.0 Å². The van der Waals surface area contributed by atoms with E-state index in [0.717, 1.165) is 50.5 Å². The normalized spacial score (nSPS) is 20.0. The standard InChI is InChI=1S/C26H36N2O5/c1-2-33-26(32)21(17-16-19-11-5-3-6-12-19)27-24(30)22-15-9-10-18-28(22)25(31)23(29)20-13-7-4-8-14-20/h3,5-6,11-12,20-22H,2,4,7-10,13-18H2,1H3,(H,27,30)/t21?,22-/m1/s1. The maximum atomic E-state index is 13.2. The number of nitrogens with zero attached hydrogens (tertiary/aromatic N) is 1. The minimum atomic E-state index is -0.800. The van der Waals surface area contributed by atoms with Gasteiger partial charge in [-0.15, -0.1) is 0 Å². The van der Waals surface area contributed by atoms with Crippen molar-refractivity contribution in [2.24, 2.45) is 5.92 Å². The molecule has 0 radical (unpaired) electrons. The summed E-state index contributed by atoms with van der Waals surface area (Å²) in [5.41, 5.74) is 1.06. The molecule has 0 aromatic heterocycles. The van der Waals surface area contributed by atoms with Crippen molar-refractivity contribution in [3.63, 3.8) is 0 Å². The predicted molar refractivity (Wildman–Crippen MR) is 124 cm³/mol. The van der Waals surface area contributed by atoms with E-state index in [4.69, 9.17) is 4.74 Å². The largest absolute Gasteiger partial charge is 0.464 e. The van der Waals surface area contributed by atoms with Crippen LogP contribution >= 0.6 is 0 Å². The topological polar surface area (TPSA) is 92.8 Å². The number of rotatable bonds is 9. The Morgan fingerprint density at radius 3 is 2.39 bits per heavy atom. The van der Waals surface area contributed by atoms with E-state index in [1.54, 1.807) is 6.92 Å². The summed E-state index contributed by atoms with van der Waals surface area (Å²) in [7, 11) is 0. The third-order valence-electron chi connectivity index (χ3n) is 6.71. The molecule has 7 nitrogen and oxygen atoms in total. The third-order valence-corrected chi connectivity index (χ3v) is 6.71. The van der Waals surface area contributed by atoms with Crippen molar-refractivity contribution in [2.75, 3.05) is 13.2 Å². The maximum absolute atomic E-state index is 13.2. The van der Waals surface area contributed by atoms with Crippen LogP contribution in [0.2, 0.25) is 0 Å². The SMILES string of the molecule is CCOC(=O)C(CCc1ccccc1)NC(=O)[C@H]1CCCCN1C(=O)C(=O)C1CCCCC1. The van der Waals surface area contributed by atoms with E-state index in [0.29, 0.717) is 25.8 Å². The number of Topliss-reactive ketones (excluding diaryl/α,β-unsaturated/α-hetero) is 1. The lowest BCUT2D eigenvalue weighted by Gasteiger charge is -2.36. The van der Waals surface area contributed by atoms with Crippen LogP contribution in [0, 0.1) is 5.92 Å². The van der Waals surface area contributed by atoms with Crippen molar-refractivity contribution in [1.29, 1.82) is 0 Å². The van der Waals surface area contributed by atoms with E-state index in [9.17, 15) is 19.2 Å². The second-order valence-corrected chi connectivity index (χ2v) is 9.05. The first-order valence-electron chi connectivity index (χ1n) is 12.4. The molecule has 3 rings (SSSR count). The Labute approximate surface area is 196 Å². The van der Waals surface area contributed by atoms with Crippen molar-refractivity contribution >= 4 is 23.6 Å². The van der Waals surface area contributed by atoms with Gasteiger partial charge in [0.05, 0.1) is 6.61 Å². The number of carbonyl (C=O) groups is 4. The van der Waals surface area contributed by atoms with E-state index in [2.05, 4.69) is 5.32 Å². The average Bonchev–Trinajstić information content (AvgIpc) is 2.86. The predicted octanol–water partition coefficient (Wildman–Crippen LogP) is 3.20. The molecule has 1 aliphatic heterocycles. The molecule has 1 saturated heterocycles. The van der Waals surface area contributed by atoms with Gasteiger partial charge in [-0.3, -0.25) is 14.4 Å². The molecular formula is C26H36N2O5. The average molecular weight is 457 g/mol. The van der Waals surface area contributed by atoms with Crippen LogP contribution in [-0.2, 0) is 30.3 Å². The number of carbonyl (C=O) groups excluding carboxylic acids is 4. The number of piperidine rings is 1. The quantitative estimate of drug-likeness (QED) is 0.455. The van der Waals surface area contributed by atoms with Gasteiger partial charge in [-0.1, -0.05) is 49.6 Å². The van der Waals surface area contributed by atoms with Crippen molar-refractivity contribution < 1.29 is 23.9 Å². The Hall–Kier alpha value is -2.70. The van der Waals surface area contributed by atoms with Gasteiger partial charge in [0, 0.05) is 12.5 Å². The molecule has 33 heavy (non-hydrogen) atoms. The highest BCUT2D eigenvalue weighted by Gasteiger charge is 2.38. The summed E-state index contributed by atoms with van der Waals surface area (Å²) in [4.78, 5) is 53.1. The number of aryl methyl sites for hydroxylation is 1. The fourth-order valence-corrected chi connectivity index (χ4v) is 4.84. The van der Waals surface area contributed by atoms with Gasteiger partial charge in [0.1, 0.15) is 12.1 Å². The van der Waals surface area contributed by atoms with Gasteiger partial charge >= 0.3 is 5.97 Å². The number of benzene rings is 1. The van der Waals surface area contributed by atoms with Crippen LogP contribution in [0.4, 0.5) is 0 Å². The minimum Gasteiger partial charge on any atom is -0.464 e. The van der Waals surface area contributed by atoms with E-state index in [1.165, 1.54) is 4.90 Å². The Morgan fingerprint density at radius 1 is 1.00 bits per heavy atom. The van der Waals surface area contributed by atoms with E-state index in [-0.39, 0.29) is 24.2 Å². The molecule has 1 unspecified atom stereocenters. The van der Waals surface area contributed by atoms with Crippen LogP contribution in [0.5, 0.6) is 0 Å². The number of amides is 2. The number of nitrogens with one attached hydrogen (secondary N) is 1. The fourth-order valence-electron chi connectivity index (χ4n) is 4.84. The Kier molecular flexibility index (Phi) is 9.46. The van der Waals surface area contributed by atoms with Crippen molar-refractivity contribution in [3.8, 4) is 0 Å². The molecule has 0 spiro atoms. The molecule has 0 bridgehead atoms. The summed E-state index contributed by atoms with van der Waals surface area (Å²) < 4.78 is 5.18. The zero-order chi connectivity index (χ0) is 23.6. The zero-order valence-electron chi connectivity index (χ0n) is 19.6. The Morgan fingerprint density at radius 2 is 1.70 bits per heavy atom. The highest BCUT2D eigenvalue weighted by atomic mass is 16.5. The number of hydrogen-bond acceptors (Lipinski definition) is 5. The molecule has 2 aliphatic rings. The first kappa shape index (κ1) is 24.9. The Balaban J connectivity index is 1.67. The maximum Gasteiger partial charge on any atom is 0.328 e. The van der Waals surface area contributed by atoms with Crippen molar-refractivity contribution in [1.82, 2.24) is 10.2 Å². The minimum absolute atomic E-state index is 0.223. The third kappa shape index (κ3) is 6.89. The number of ketones is 1. The highest BCUT2D eigenvalue weighted by molar-refractivity contribution is 6.37. The van der Waals surface area contributed by atoms with Gasteiger partial charge in [-0.25, -0.2) is 4.79 Å². The molecule has 1 aromatic carbocycles. The van der Waals surface area contributed by atoms with Gasteiger partial charge in [-0.05, 0) is 57.4 Å². The molecule has 1 heterocycles.